The quantitative estimate of drug-likeness (QED) is 0.823. The molecule has 0 amide bonds. The third-order valence-electron chi connectivity index (χ3n) is 3.11. The highest BCUT2D eigenvalue weighted by atomic mass is 32.1. The highest BCUT2D eigenvalue weighted by Gasteiger charge is 2.27. The van der Waals surface area contributed by atoms with Crippen LogP contribution in [-0.4, -0.2) is 11.0 Å². The molecule has 1 unspecified atom stereocenters. The zero-order valence-corrected chi connectivity index (χ0v) is 11.3. The van der Waals surface area contributed by atoms with Crippen LogP contribution in [-0.2, 0) is 13.0 Å². The summed E-state index contributed by atoms with van der Waals surface area (Å²) >= 11 is 1.86. The molecule has 1 aliphatic carbocycles. The lowest BCUT2D eigenvalue weighted by molar-refractivity contribution is 0.498. The number of hydrogen-bond donors (Lipinski definition) is 1. The van der Waals surface area contributed by atoms with Crippen LogP contribution in [0.15, 0.2) is 6.20 Å². The molecule has 2 rings (SSSR count). The van der Waals surface area contributed by atoms with Crippen LogP contribution in [0.4, 0.5) is 0 Å². The Bertz CT molecular complexity index is 328. The molecule has 16 heavy (non-hydrogen) atoms. The van der Waals surface area contributed by atoms with Crippen molar-refractivity contribution in [2.75, 3.05) is 0 Å². The van der Waals surface area contributed by atoms with Crippen LogP contribution in [0.3, 0.4) is 0 Å². The molecule has 1 saturated carbocycles. The SMILES string of the molecule is CC(C)Cc1ncc(CNC(C)C2CC2)s1. The molecule has 0 radical (unpaired) electrons. The van der Waals surface area contributed by atoms with E-state index >= 15 is 0 Å². The van der Waals surface area contributed by atoms with Crippen LogP contribution in [0.2, 0.25) is 0 Å². The summed E-state index contributed by atoms with van der Waals surface area (Å²) in [5.41, 5.74) is 0. The first-order chi connectivity index (χ1) is 7.65. The van der Waals surface area contributed by atoms with Crippen LogP contribution < -0.4 is 5.32 Å². The molecule has 1 aromatic heterocycles. The van der Waals surface area contributed by atoms with Crippen molar-refractivity contribution in [3.05, 3.63) is 16.1 Å². The summed E-state index contributed by atoms with van der Waals surface area (Å²) in [6, 6.07) is 0.677. The van der Waals surface area contributed by atoms with Gasteiger partial charge in [-0.05, 0) is 31.6 Å². The normalized spacial score (nSPS) is 18.0. The number of aromatic nitrogens is 1. The lowest BCUT2D eigenvalue weighted by Crippen LogP contribution is -2.26. The Hall–Kier alpha value is -0.410. The predicted molar refractivity (Wildman–Crippen MR) is 69.7 cm³/mol. The molecular formula is C13H22N2S. The van der Waals surface area contributed by atoms with E-state index in [0.717, 1.165) is 18.9 Å². The van der Waals surface area contributed by atoms with Crippen LogP contribution in [0, 0.1) is 11.8 Å². The second kappa shape index (κ2) is 5.28. The molecule has 0 aliphatic heterocycles. The predicted octanol–water partition coefficient (Wildman–Crippen LogP) is 3.23. The Labute approximate surface area is 102 Å². The maximum atomic E-state index is 4.47. The van der Waals surface area contributed by atoms with Gasteiger partial charge in [0.2, 0.25) is 0 Å². The zero-order valence-electron chi connectivity index (χ0n) is 10.5. The van der Waals surface area contributed by atoms with Gasteiger partial charge in [0.1, 0.15) is 0 Å². The Balaban J connectivity index is 1.77. The first-order valence-electron chi connectivity index (χ1n) is 6.32. The molecule has 1 N–H and O–H groups in total. The van der Waals surface area contributed by atoms with Crippen molar-refractivity contribution < 1.29 is 0 Å². The van der Waals surface area contributed by atoms with Gasteiger partial charge in [-0.1, -0.05) is 13.8 Å². The van der Waals surface area contributed by atoms with Crippen LogP contribution in [0.25, 0.3) is 0 Å². The minimum Gasteiger partial charge on any atom is -0.309 e. The van der Waals surface area contributed by atoms with Gasteiger partial charge < -0.3 is 5.32 Å². The van der Waals surface area contributed by atoms with Crippen molar-refractivity contribution in [3.63, 3.8) is 0 Å². The number of hydrogen-bond acceptors (Lipinski definition) is 3. The molecule has 90 valence electrons. The van der Waals surface area contributed by atoms with E-state index in [2.05, 4.69) is 31.1 Å². The minimum absolute atomic E-state index is 0.677. The fourth-order valence-corrected chi connectivity index (χ4v) is 2.98. The van der Waals surface area contributed by atoms with Gasteiger partial charge in [-0.15, -0.1) is 11.3 Å². The molecule has 0 spiro atoms. The van der Waals surface area contributed by atoms with E-state index in [-0.39, 0.29) is 0 Å². The van der Waals surface area contributed by atoms with Crippen molar-refractivity contribution in [2.45, 2.75) is 52.6 Å². The molecule has 1 aliphatic rings. The van der Waals surface area contributed by atoms with Gasteiger partial charge in [-0.3, -0.25) is 0 Å². The van der Waals surface area contributed by atoms with Gasteiger partial charge in [-0.2, -0.15) is 0 Å². The van der Waals surface area contributed by atoms with Gasteiger partial charge in [0.05, 0.1) is 5.01 Å². The Morgan fingerprint density at radius 1 is 1.44 bits per heavy atom. The smallest absolute Gasteiger partial charge is 0.0930 e. The topological polar surface area (TPSA) is 24.9 Å². The fourth-order valence-electron chi connectivity index (χ4n) is 1.90. The van der Waals surface area contributed by atoms with Crippen molar-refractivity contribution in [1.82, 2.24) is 10.3 Å². The van der Waals surface area contributed by atoms with Gasteiger partial charge >= 0.3 is 0 Å². The van der Waals surface area contributed by atoms with Crippen LogP contribution in [0.5, 0.6) is 0 Å². The van der Waals surface area contributed by atoms with Crippen LogP contribution in [0.1, 0.15) is 43.5 Å². The van der Waals surface area contributed by atoms with E-state index < -0.39 is 0 Å². The summed E-state index contributed by atoms with van der Waals surface area (Å²) in [7, 11) is 0. The average Bonchev–Trinajstić information content (AvgIpc) is 2.97. The lowest BCUT2D eigenvalue weighted by atomic mass is 10.1. The molecule has 1 heterocycles. The maximum Gasteiger partial charge on any atom is 0.0930 e. The highest BCUT2D eigenvalue weighted by molar-refractivity contribution is 7.11. The van der Waals surface area contributed by atoms with E-state index in [1.807, 2.05) is 17.5 Å². The van der Waals surface area contributed by atoms with E-state index in [9.17, 15) is 0 Å². The highest BCUT2D eigenvalue weighted by Crippen LogP contribution is 2.32. The summed E-state index contributed by atoms with van der Waals surface area (Å²) in [6.07, 6.45) is 5.97. The monoisotopic (exact) mass is 238 g/mol. The van der Waals surface area contributed by atoms with E-state index in [1.54, 1.807) is 0 Å². The number of thiazole rings is 1. The summed E-state index contributed by atoms with van der Waals surface area (Å²) in [4.78, 5) is 5.85. The molecule has 0 aromatic carbocycles. The third-order valence-corrected chi connectivity index (χ3v) is 4.13. The lowest BCUT2D eigenvalue weighted by Gasteiger charge is -2.10. The molecule has 0 bridgehead atoms. The van der Waals surface area contributed by atoms with E-state index in [1.165, 1.54) is 22.7 Å². The summed E-state index contributed by atoms with van der Waals surface area (Å²) in [6.45, 7) is 7.78. The zero-order chi connectivity index (χ0) is 11.5. The van der Waals surface area contributed by atoms with Crippen molar-refractivity contribution >= 4 is 11.3 Å². The molecule has 2 nitrogen and oxygen atoms in total. The average molecular weight is 238 g/mol. The van der Waals surface area contributed by atoms with Gasteiger partial charge in [0, 0.05) is 30.1 Å². The molecule has 1 aromatic rings. The van der Waals surface area contributed by atoms with Crippen molar-refractivity contribution in [1.29, 1.82) is 0 Å². The van der Waals surface area contributed by atoms with E-state index in [0.29, 0.717) is 12.0 Å². The molecule has 1 atom stereocenters. The summed E-state index contributed by atoms with van der Waals surface area (Å²) in [5, 5.41) is 4.88. The van der Waals surface area contributed by atoms with Gasteiger partial charge in [0.15, 0.2) is 0 Å². The Morgan fingerprint density at radius 2 is 2.19 bits per heavy atom. The number of rotatable bonds is 6. The first-order valence-corrected chi connectivity index (χ1v) is 7.13. The molecule has 1 fully saturated rings. The van der Waals surface area contributed by atoms with Crippen molar-refractivity contribution in [3.8, 4) is 0 Å². The summed E-state index contributed by atoms with van der Waals surface area (Å²) < 4.78 is 0. The van der Waals surface area contributed by atoms with E-state index in [4.69, 9.17) is 0 Å². The minimum atomic E-state index is 0.677. The third kappa shape index (κ3) is 3.56. The Morgan fingerprint density at radius 3 is 2.81 bits per heavy atom. The summed E-state index contributed by atoms with van der Waals surface area (Å²) in [5.74, 6) is 1.64. The van der Waals surface area contributed by atoms with Crippen molar-refractivity contribution in [2.24, 2.45) is 11.8 Å². The number of nitrogens with one attached hydrogen (secondary N) is 1. The fraction of sp³-hybridized carbons (Fsp3) is 0.769. The van der Waals surface area contributed by atoms with Gasteiger partial charge in [-0.25, -0.2) is 4.98 Å². The van der Waals surface area contributed by atoms with Gasteiger partial charge in [0.25, 0.3) is 0 Å². The molecular weight excluding hydrogens is 216 g/mol. The second-order valence-electron chi connectivity index (χ2n) is 5.33. The first kappa shape index (κ1) is 12.1. The maximum absolute atomic E-state index is 4.47. The Kier molecular flexibility index (Phi) is 3.98. The van der Waals surface area contributed by atoms with Crippen LogP contribution >= 0.6 is 11.3 Å². The number of nitrogens with zero attached hydrogens (tertiary/aromatic N) is 1. The standard InChI is InChI=1S/C13H22N2S/c1-9(2)6-13-15-8-12(16-13)7-14-10(3)11-4-5-11/h8-11,14H,4-7H2,1-3H3. The molecule has 3 heteroatoms. The second-order valence-corrected chi connectivity index (χ2v) is 6.53. The largest absolute Gasteiger partial charge is 0.309 e. The molecule has 0 saturated heterocycles.